The van der Waals surface area contributed by atoms with E-state index in [0.29, 0.717) is 29.4 Å². The van der Waals surface area contributed by atoms with E-state index in [9.17, 15) is 19.5 Å². The van der Waals surface area contributed by atoms with Crippen LogP contribution in [-0.4, -0.2) is 56.4 Å². The molecule has 4 rings (SSSR count). The van der Waals surface area contributed by atoms with Crippen LogP contribution in [0.3, 0.4) is 0 Å². The van der Waals surface area contributed by atoms with Crippen LogP contribution in [0.5, 0.6) is 0 Å². The summed E-state index contributed by atoms with van der Waals surface area (Å²) >= 11 is 0. The van der Waals surface area contributed by atoms with Crippen LogP contribution in [0.4, 0.5) is 17.5 Å². The van der Waals surface area contributed by atoms with Crippen LogP contribution in [0.1, 0.15) is 42.6 Å². The molecular formula is C22H26N6O4. The Hall–Kier alpha value is -3.53. The number of imide groups is 1. The first kappa shape index (κ1) is 21.7. The Morgan fingerprint density at radius 3 is 2.78 bits per heavy atom. The molecule has 3 amide bonds. The standard InChI is InChI=1S/C22H26N6O4/c1-12(2)16(11-29)25-22-23-9-8-18(26-22)24-15-5-3-4-13-14(15)10-28(21(13)32)17-6-7-19(30)27-20(17)31/h3-5,8-9,12,16-17,29H,6-7,10-11H2,1-2H3,(H,27,30,31)(H2,23,24,25,26)/t16-,17?/m0/s1. The molecule has 2 aromatic rings. The minimum Gasteiger partial charge on any atom is -0.394 e. The van der Waals surface area contributed by atoms with Crippen LogP contribution < -0.4 is 16.0 Å². The highest BCUT2D eigenvalue weighted by molar-refractivity contribution is 6.06. The number of aliphatic hydroxyl groups is 1. The Kier molecular flexibility index (Phi) is 6.04. The van der Waals surface area contributed by atoms with Gasteiger partial charge < -0.3 is 20.6 Å². The van der Waals surface area contributed by atoms with E-state index in [1.54, 1.807) is 24.4 Å². The Labute approximate surface area is 185 Å². The molecule has 0 aliphatic carbocycles. The molecule has 0 bridgehead atoms. The lowest BCUT2D eigenvalue weighted by Crippen LogP contribution is -2.52. The van der Waals surface area contributed by atoms with E-state index >= 15 is 0 Å². The van der Waals surface area contributed by atoms with E-state index in [-0.39, 0.29) is 43.3 Å². The van der Waals surface area contributed by atoms with Gasteiger partial charge in [-0.05, 0) is 30.5 Å². The number of piperidine rings is 1. The first-order valence-corrected chi connectivity index (χ1v) is 10.6. The summed E-state index contributed by atoms with van der Waals surface area (Å²) in [7, 11) is 0. The number of hydrogen-bond acceptors (Lipinski definition) is 8. The summed E-state index contributed by atoms with van der Waals surface area (Å²) in [5, 5.41) is 18.2. The smallest absolute Gasteiger partial charge is 0.255 e. The zero-order valence-corrected chi connectivity index (χ0v) is 18.0. The van der Waals surface area contributed by atoms with Crippen LogP contribution in [0.15, 0.2) is 30.5 Å². The fourth-order valence-corrected chi connectivity index (χ4v) is 3.93. The number of hydrogen-bond donors (Lipinski definition) is 4. The van der Waals surface area contributed by atoms with Crippen molar-refractivity contribution >= 4 is 35.2 Å². The maximum Gasteiger partial charge on any atom is 0.255 e. The van der Waals surface area contributed by atoms with Crippen LogP contribution in [0.2, 0.25) is 0 Å². The molecule has 10 heteroatoms. The second kappa shape index (κ2) is 8.91. The highest BCUT2D eigenvalue weighted by atomic mass is 16.3. The van der Waals surface area contributed by atoms with E-state index in [1.165, 1.54) is 4.90 Å². The summed E-state index contributed by atoms with van der Waals surface area (Å²) in [6, 6.07) is 6.22. The lowest BCUT2D eigenvalue weighted by molar-refractivity contribution is -0.136. The monoisotopic (exact) mass is 438 g/mol. The third-order valence-electron chi connectivity index (χ3n) is 5.82. The topological polar surface area (TPSA) is 137 Å². The predicted molar refractivity (Wildman–Crippen MR) is 117 cm³/mol. The molecule has 10 nitrogen and oxygen atoms in total. The fraction of sp³-hybridized carbons (Fsp3) is 0.409. The number of fused-ring (bicyclic) bond motifs is 1. The number of carbonyl (C=O) groups excluding carboxylic acids is 3. The van der Waals surface area contributed by atoms with Gasteiger partial charge in [-0.3, -0.25) is 19.7 Å². The van der Waals surface area contributed by atoms with Crippen molar-refractivity contribution in [2.75, 3.05) is 17.2 Å². The zero-order chi connectivity index (χ0) is 22.8. The summed E-state index contributed by atoms with van der Waals surface area (Å²) in [6.07, 6.45) is 2.13. The molecule has 1 saturated heterocycles. The van der Waals surface area contributed by atoms with Gasteiger partial charge in [0.25, 0.3) is 5.91 Å². The number of amides is 3. The minimum absolute atomic E-state index is 0.0385. The van der Waals surface area contributed by atoms with Crippen LogP contribution in [0, 0.1) is 5.92 Å². The van der Waals surface area contributed by atoms with Gasteiger partial charge in [0, 0.05) is 36.0 Å². The summed E-state index contributed by atoms with van der Waals surface area (Å²) in [4.78, 5) is 46.9. The zero-order valence-electron chi connectivity index (χ0n) is 18.0. The van der Waals surface area contributed by atoms with Crippen molar-refractivity contribution in [1.29, 1.82) is 0 Å². The molecule has 1 aromatic carbocycles. The normalized spacial score (nSPS) is 19.1. The average Bonchev–Trinajstić information content (AvgIpc) is 3.09. The highest BCUT2D eigenvalue weighted by Gasteiger charge is 2.39. The van der Waals surface area contributed by atoms with E-state index in [2.05, 4.69) is 25.9 Å². The molecule has 2 aliphatic heterocycles. The second-order valence-corrected chi connectivity index (χ2v) is 8.30. The Morgan fingerprint density at radius 1 is 1.25 bits per heavy atom. The molecule has 2 atom stereocenters. The van der Waals surface area contributed by atoms with E-state index in [4.69, 9.17) is 0 Å². The van der Waals surface area contributed by atoms with Gasteiger partial charge in [0.1, 0.15) is 11.9 Å². The van der Waals surface area contributed by atoms with Gasteiger partial charge in [0.2, 0.25) is 17.8 Å². The number of aromatic nitrogens is 2. The number of nitrogens with one attached hydrogen (secondary N) is 3. The quantitative estimate of drug-likeness (QED) is 0.477. The Balaban J connectivity index is 1.54. The highest BCUT2D eigenvalue weighted by Crippen LogP contribution is 2.33. The fourth-order valence-electron chi connectivity index (χ4n) is 3.93. The Morgan fingerprint density at radius 2 is 2.06 bits per heavy atom. The molecule has 32 heavy (non-hydrogen) atoms. The molecular weight excluding hydrogens is 412 g/mol. The van der Waals surface area contributed by atoms with Gasteiger partial charge in [-0.25, -0.2) is 4.98 Å². The van der Waals surface area contributed by atoms with Crippen molar-refractivity contribution in [3.63, 3.8) is 0 Å². The molecule has 4 N–H and O–H groups in total. The second-order valence-electron chi connectivity index (χ2n) is 8.30. The molecule has 1 unspecified atom stereocenters. The molecule has 2 aliphatic rings. The van der Waals surface area contributed by atoms with Crippen molar-refractivity contribution in [3.8, 4) is 0 Å². The van der Waals surface area contributed by atoms with Gasteiger partial charge in [0.05, 0.1) is 12.6 Å². The number of carbonyl (C=O) groups is 3. The number of nitrogens with zero attached hydrogens (tertiary/aromatic N) is 3. The molecule has 1 fully saturated rings. The van der Waals surface area contributed by atoms with Crippen molar-refractivity contribution in [2.45, 2.75) is 45.3 Å². The van der Waals surface area contributed by atoms with Gasteiger partial charge in [0.15, 0.2) is 0 Å². The molecule has 3 heterocycles. The minimum atomic E-state index is -0.665. The van der Waals surface area contributed by atoms with Crippen molar-refractivity contribution in [3.05, 3.63) is 41.6 Å². The third-order valence-corrected chi connectivity index (χ3v) is 5.82. The summed E-state index contributed by atoms with van der Waals surface area (Å²) in [5.41, 5.74) is 2.00. The third kappa shape index (κ3) is 4.26. The molecule has 0 radical (unpaired) electrons. The molecule has 0 saturated carbocycles. The van der Waals surface area contributed by atoms with E-state index in [0.717, 1.165) is 5.56 Å². The lowest BCUT2D eigenvalue weighted by Gasteiger charge is -2.29. The van der Waals surface area contributed by atoms with Crippen molar-refractivity contribution < 1.29 is 19.5 Å². The first-order valence-electron chi connectivity index (χ1n) is 10.6. The van der Waals surface area contributed by atoms with Gasteiger partial charge >= 0.3 is 0 Å². The van der Waals surface area contributed by atoms with Gasteiger partial charge in [-0.1, -0.05) is 19.9 Å². The van der Waals surface area contributed by atoms with Crippen molar-refractivity contribution in [1.82, 2.24) is 20.2 Å². The van der Waals surface area contributed by atoms with Gasteiger partial charge in [-0.15, -0.1) is 0 Å². The Bertz CT molecular complexity index is 1060. The SMILES string of the molecule is CC(C)[C@H](CO)Nc1nccc(Nc2cccc3c2CN(C2CCC(=O)NC2=O)C3=O)n1. The molecule has 0 spiro atoms. The van der Waals surface area contributed by atoms with E-state index < -0.39 is 11.9 Å². The van der Waals surface area contributed by atoms with Crippen LogP contribution in [0.25, 0.3) is 0 Å². The van der Waals surface area contributed by atoms with Gasteiger partial charge in [-0.2, -0.15) is 4.98 Å². The average molecular weight is 438 g/mol. The van der Waals surface area contributed by atoms with Crippen LogP contribution >= 0.6 is 0 Å². The number of aliphatic hydroxyl groups excluding tert-OH is 1. The van der Waals surface area contributed by atoms with Crippen molar-refractivity contribution in [2.24, 2.45) is 5.92 Å². The lowest BCUT2D eigenvalue weighted by atomic mass is 10.0. The maximum absolute atomic E-state index is 13.0. The predicted octanol–water partition coefficient (Wildman–Crippen LogP) is 1.41. The van der Waals surface area contributed by atoms with E-state index in [1.807, 2.05) is 19.9 Å². The number of anilines is 3. The summed E-state index contributed by atoms with van der Waals surface area (Å²) in [6.45, 7) is 4.21. The number of benzene rings is 1. The summed E-state index contributed by atoms with van der Waals surface area (Å²) < 4.78 is 0. The molecule has 1 aromatic heterocycles. The van der Waals surface area contributed by atoms with Crippen LogP contribution in [-0.2, 0) is 16.1 Å². The summed E-state index contributed by atoms with van der Waals surface area (Å²) in [5.74, 6) is 0.131. The number of rotatable bonds is 7. The largest absolute Gasteiger partial charge is 0.394 e. The molecule has 168 valence electrons. The first-order chi connectivity index (χ1) is 15.4. The maximum atomic E-state index is 13.0.